The molecule has 4 nitrogen and oxygen atoms in total. The SMILES string of the molecule is C1CNCC(Cc2nc(CC3CC3)no2)C1. The van der Waals surface area contributed by atoms with Crippen molar-refractivity contribution in [2.45, 2.75) is 38.5 Å². The fraction of sp³-hybridized carbons (Fsp3) is 0.833. The molecule has 0 spiro atoms. The molecule has 1 aromatic heterocycles. The summed E-state index contributed by atoms with van der Waals surface area (Å²) in [6.07, 6.45) is 7.21. The molecule has 2 heterocycles. The van der Waals surface area contributed by atoms with Crippen molar-refractivity contribution in [3.8, 4) is 0 Å². The van der Waals surface area contributed by atoms with E-state index >= 15 is 0 Å². The molecule has 0 aromatic carbocycles. The van der Waals surface area contributed by atoms with Crippen molar-refractivity contribution in [3.63, 3.8) is 0 Å². The van der Waals surface area contributed by atoms with Gasteiger partial charge in [0.05, 0.1) is 0 Å². The molecule has 1 N–H and O–H groups in total. The molecule has 0 amide bonds. The van der Waals surface area contributed by atoms with E-state index in [2.05, 4.69) is 15.5 Å². The van der Waals surface area contributed by atoms with Crippen LogP contribution in [-0.2, 0) is 12.8 Å². The van der Waals surface area contributed by atoms with Crippen molar-refractivity contribution in [1.82, 2.24) is 15.5 Å². The molecule has 1 saturated carbocycles. The summed E-state index contributed by atoms with van der Waals surface area (Å²) in [6.45, 7) is 2.26. The summed E-state index contributed by atoms with van der Waals surface area (Å²) in [7, 11) is 0. The van der Waals surface area contributed by atoms with E-state index in [9.17, 15) is 0 Å². The molecule has 1 unspecified atom stereocenters. The van der Waals surface area contributed by atoms with Crippen molar-refractivity contribution in [3.05, 3.63) is 11.7 Å². The molecule has 1 atom stereocenters. The molecule has 2 aliphatic rings. The summed E-state index contributed by atoms with van der Waals surface area (Å²) in [5.74, 6) is 3.27. The number of hydrogen-bond donors (Lipinski definition) is 1. The van der Waals surface area contributed by atoms with Gasteiger partial charge in [-0.05, 0) is 50.6 Å². The monoisotopic (exact) mass is 221 g/mol. The van der Waals surface area contributed by atoms with Gasteiger partial charge in [0.25, 0.3) is 0 Å². The molecule has 1 aromatic rings. The van der Waals surface area contributed by atoms with Crippen molar-refractivity contribution >= 4 is 0 Å². The summed E-state index contributed by atoms with van der Waals surface area (Å²) >= 11 is 0. The van der Waals surface area contributed by atoms with Crippen LogP contribution in [0.2, 0.25) is 0 Å². The number of piperidine rings is 1. The van der Waals surface area contributed by atoms with E-state index in [1.165, 1.54) is 25.7 Å². The summed E-state index contributed by atoms with van der Waals surface area (Å²) in [5, 5.41) is 7.47. The average Bonchev–Trinajstić information content (AvgIpc) is 3.01. The summed E-state index contributed by atoms with van der Waals surface area (Å²) < 4.78 is 5.31. The second-order valence-electron chi connectivity index (χ2n) is 5.17. The van der Waals surface area contributed by atoms with Gasteiger partial charge in [0.1, 0.15) is 0 Å². The van der Waals surface area contributed by atoms with Crippen LogP contribution in [0.15, 0.2) is 4.52 Å². The van der Waals surface area contributed by atoms with E-state index < -0.39 is 0 Å². The molecular formula is C12H19N3O. The Bertz CT molecular complexity index is 340. The fourth-order valence-corrected chi connectivity index (χ4v) is 2.38. The zero-order valence-corrected chi connectivity index (χ0v) is 9.61. The largest absolute Gasteiger partial charge is 0.339 e. The summed E-state index contributed by atoms with van der Waals surface area (Å²) in [4.78, 5) is 4.48. The predicted molar refractivity (Wildman–Crippen MR) is 60.0 cm³/mol. The Labute approximate surface area is 95.8 Å². The topological polar surface area (TPSA) is 51.0 Å². The van der Waals surface area contributed by atoms with Crippen LogP contribution < -0.4 is 5.32 Å². The number of nitrogens with one attached hydrogen (secondary N) is 1. The molecule has 0 bridgehead atoms. The molecule has 3 rings (SSSR count). The normalized spacial score (nSPS) is 25.9. The van der Waals surface area contributed by atoms with E-state index in [0.29, 0.717) is 5.92 Å². The molecule has 16 heavy (non-hydrogen) atoms. The van der Waals surface area contributed by atoms with E-state index in [-0.39, 0.29) is 0 Å². The van der Waals surface area contributed by atoms with Gasteiger partial charge in [-0.15, -0.1) is 0 Å². The maximum absolute atomic E-state index is 5.31. The van der Waals surface area contributed by atoms with Crippen molar-refractivity contribution in [2.24, 2.45) is 11.8 Å². The third-order valence-electron chi connectivity index (χ3n) is 3.54. The third kappa shape index (κ3) is 2.61. The van der Waals surface area contributed by atoms with Crippen LogP contribution in [-0.4, -0.2) is 23.2 Å². The molecule has 1 aliphatic carbocycles. The first kappa shape index (κ1) is 10.3. The van der Waals surface area contributed by atoms with E-state index in [1.807, 2.05) is 0 Å². The van der Waals surface area contributed by atoms with Gasteiger partial charge < -0.3 is 9.84 Å². The predicted octanol–water partition coefficient (Wildman–Crippen LogP) is 1.56. The van der Waals surface area contributed by atoms with Crippen LogP contribution in [0.3, 0.4) is 0 Å². The molecule has 2 fully saturated rings. The smallest absolute Gasteiger partial charge is 0.226 e. The quantitative estimate of drug-likeness (QED) is 0.838. The van der Waals surface area contributed by atoms with Gasteiger partial charge in [0.15, 0.2) is 5.82 Å². The minimum absolute atomic E-state index is 0.683. The van der Waals surface area contributed by atoms with E-state index in [1.54, 1.807) is 0 Å². The highest BCUT2D eigenvalue weighted by molar-refractivity contribution is 4.93. The Balaban J connectivity index is 1.54. The fourth-order valence-electron chi connectivity index (χ4n) is 2.38. The van der Waals surface area contributed by atoms with Crippen LogP contribution in [0.1, 0.15) is 37.4 Å². The lowest BCUT2D eigenvalue weighted by Gasteiger charge is -2.20. The third-order valence-corrected chi connectivity index (χ3v) is 3.54. The Morgan fingerprint density at radius 3 is 2.88 bits per heavy atom. The molecule has 1 saturated heterocycles. The second kappa shape index (κ2) is 4.53. The molecule has 88 valence electrons. The first-order valence-corrected chi connectivity index (χ1v) is 6.42. The minimum atomic E-state index is 0.683. The van der Waals surface area contributed by atoms with Gasteiger partial charge in [-0.25, -0.2) is 0 Å². The Kier molecular flexibility index (Phi) is 2.91. The number of aromatic nitrogens is 2. The van der Waals surface area contributed by atoms with Crippen molar-refractivity contribution in [2.75, 3.05) is 13.1 Å². The highest BCUT2D eigenvalue weighted by atomic mass is 16.5. The van der Waals surface area contributed by atoms with Crippen LogP contribution in [0, 0.1) is 11.8 Å². The van der Waals surface area contributed by atoms with E-state index in [0.717, 1.165) is 43.6 Å². The molecule has 1 aliphatic heterocycles. The van der Waals surface area contributed by atoms with Crippen molar-refractivity contribution < 1.29 is 4.52 Å². The lowest BCUT2D eigenvalue weighted by Crippen LogP contribution is -2.30. The number of rotatable bonds is 4. The lowest BCUT2D eigenvalue weighted by molar-refractivity contribution is 0.314. The minimum Gasteiger partial charge on any atom is -0.339 e. The van der Waals surface area contributed by atoms with Gasteiger partial charge in [0, 0.05) is 12.8 Å². The van der Waals surface area contributed by atoms with Crippen LogP contribution in [0.5, 0.6) is 0 Å². The van der Waals surface area contributed by atoms with Gasteiger partial charge in [-0.2, -0.15) is 4.98 Å². The standard InChI is InChI=1S/C12H19N3O/c1-2-10(8-13-5-1)7-12-14-11(15-16-12)6-9-3-4-9/h9-10,13H,1-8H2. The molecule has 4 heteroatoms. The average molecular weight is 221 g/mol. The zero-order valence-electron chi connectivity index (χ0n) is 9.61. The van der Waals surface area contributed by atoms with Gasteiger partial charge >= 0.3 is 0 Å². The van der Waals surface area contributed by atoms with Gasteiger partial charge in [-0.3, -0.25) is 0 Å². The van der Waals surface area contributed by atoms with E-state index in [4.69, 9.17) is 4.52 Å². The van der Waals surface area contributed by atoms with Crippen molar-refractivity contribution in [1.29, 1.82) is 0 Å². The van der Waals surface area contributed by atoms with Gasteiger partial charge in [0.2, 0.25) is 5.89 Å². The van der Waals surface area contributed by atoms with Crippen LogP contribution in [0.25, 0.3) is 0 Å². The lowest BCUT2D eigenvalue weighted by atomic mass is 9.96. The second-order valence-corrected chi connectivity index (χ2v) is 5.17. The zero-order chi connectivity index (χ0) is 10.8. The molecule has 0 radical (unpaired) electrons. The first-order valence-electron chi connectivity index (χ1n) is 6.42. The number of nitrogens with zero attached hydrogens (tertiary/aromatic N) is 2. The molecular weight excluding hydrogens is 202 g/mol. The Hall–Kier alpha value is -0.900. The first-order chi connectivity index (χ1) is 7.90. The maximum atomic E-state index is 5.31. The highest BCUT2D eigenvalue weighted by Crippen LogP contribution is 2.31. The Morgan fingerprint density at radius 2 is 2.12 bits per heavy atom. The summed E-state index contributed by atoms with van der Waals surface area (Å²) in [6, 6.07) is 0. The van der Waals surface area contributed by atoms with Crippen LogP contribution in [0.4, 0.5) is 0 Å². The van der Waals surface area contributed by atoms with Crippen LogP contribution >= 0.6 is 0 Å². The van der Waals surface area contributed by atoms with Gasteiger partial charge in [-0.1, -0.05) is 5.16 Å². The Morgan fingerprint density at radius 1 is 1.19 bits per heavy atom. The number of hydrogen-bond acceptors (Lipinski definition) is 4. The highest BCUT2D eigenvalue weighted by Gasteiger charge is 2.24. The summed E-state index contributed by atoms with van der Waals surface area (Å²) in [5.41, 5.74) is 0. The maximum Gasteiger partial charge on any atom is 0.226 e.